The molecule has 0 radical (unpaired) electrons. The largest absolute Gasteiger partial charge is 0.471 e. The highest BCUT2D eigenvalue weighted by molar-refractivity contribution is 5.24. The molecule has 0 bridgehead atoms. The van der Waals surface area contributed by atoms with Gasteiger partial charge >= 0.3 is 0 Å². The minimum Gasteiger partial charge on any atom is -0.471 e. The second kappa shape index (κ2) is 6.12. The summed E-state index contributed by atoms with van der Waals surface area (Å²) >= 11 is 0. The summed E-state index contributed by atoms with van der Waals surface area (Å²) in [6.45, 7) is 0.768. The van der Waals surface area contributed by atoms with E-state index in [9.17, 15) is 4.39 Å². The Hall–Kier alpha value is -1.94. The predicted molar refractivity (Wildman–Crippen MR) is 67.7 cm³/mol. The maximum absolute atomic E-state index is 13.9. The number of halogens is 1. The average Bonchev–Trinajstić information content (AvgIpc) is 2.41. The Morgan fingerprint density at radius 2 is 2.00 bits per heavy atom. The van der Waals surface area contributed by atoms with E-state index >= 15 is 0 Å². The topological polar surface area (TPSA) is 34.2 Å². The Bertz CT molecular complexity index is 502. The minimum absolute atomic E-state index is 0.0478. The quantitative estimate of drug-likeness (QED) is 0.880. The Morgan fingerprint density at radius 3 is 2.72 bits per heavy atom. The molecule has 0 aliphatic carbocycles. The molecule has 1 aromatic heterocycles. The van der Waals surface area contributed by atoms with E-state index in [4.69, 9.17) is 4.74 Å². The Balaban J connectivity index is 2.08. The van der Waals surface area contributed by atoms with Crippen LogP contribution in [0.4, 0.5) is 4.39 Å². The van der Waals surface area contributed by atoms with Gasteiger partial charge in [-0.2, -0.15) is 0 Å². The van der Waals surface area contributed by atoms with Crippen molar-refractivity contribution < 1.29 is 9.13 Å². The summed E-state index contributed by atoms with van der Waals surface area (Å²) in [6.07, 6.45) is 1.55. The average molecular weight is 246 g/mol. The first-order valence-electron chi connectivity index (χ1n) is 5.76. The molecule has 0 saturated heterocycles. The van der Waals surface area contributed by atoms with Crippen LogP contribution in [0.15, 0.2) is 42.6 Å². The van der Waals surface area contributed by atoms with Crippen molar-refractivity contribution in [3.05, 3.63) is 59.5 Å². The normalized spacial score (nSPS) is 10.3. The molecule has 0 saturated carbocycles. The first-order valence-corrected chi connectivity index (χ1v) is 5.76. The number of nitrogens with one attached hydrogen (secondary N) is 1. The zero-order valence-corrected chi connectivity index (χ0v) is 10.2. The summed E-state index contributed by atoms with van der Waals surface area (Å²) in [5.41, 5.74) is 1.54. The fourth-order valence-corrected chi connectivity index (χ4v) is 1.62. The fourth-order valence-electron chi connectivity index (χ4n) is 1.62. The smallest absolute Gasteiger partial charge is 0.251 e. The molecule has 1 aromatic carbocycles. The lowest BCUT2D eigenvalue weighted by atomic mass is 10.2. The van der Waals surface area contributed by atoms with E-state index in [1.165, 1.54) is 0 Å². The summed E-state index contributed by atoms with van der Waals surface area (Å²) in [5.74, 6) is -0.352. The molecule has 0 unspecified atom stereocenters. The number of hydrogen-bond acceptors (Lipinski definition) is 3. The zero-order chi connectivity index (χ0) is 12.8. The van der Waals surface area contributed by atoms with Gasteiger partial charge in [0.15, 0.2) is 5.82 Å². The van der Waals surface area contributed by atoms with Crippen molar-refractivity contribution >= 4 is 0 Å². The molecule has 0 atom stereocenters. The van der Waals surface area contributed by atoms with Crippen LogP contribution in [-0.2, 0) is 13.2 Å². The van der Waals surface area contributed by atoms with E-state index < -0.39 is 5.82 Å². The molecule has 0 spiro atoms. The standard InChI is InChI=1S/C14H15FN2O/c1-16-9-12-7-8-17-14(13(12)15)18-10-11-5-3-2-4-6-11/h2-8,16H,9-10H2,1H3. The van der Waals surface area contributed by atoms with Crippen LogP contribution in [-0.4, -0.2) is 12.0 Å². The van der Waals surface area contributed by atoms with Gasteiger partial charge in [-0.05, 0) is 18.7 Å². The molecule has 3 nitrogen and oxygen atoms in total. The number of hydrogen-bond donors (Lipinski definition) is 1. The van der Waals surface area contributed by atoms with E-state index in [0.29, 0.717) is 18.7 Å². The van der Waals surface area contributed by atoms with Crippen LogP contribution in [0.3, 0.4) is 0 Å². The van der Waals surface area contributed by atoms with Crippen LogP contribution < -0.4 is 10.1 Å². The van der Waals surface area contributed by atoms with Gasteiger partial charge in [-0.1, -0.05) is 30.3 Å². The number of nitrogens with zero attached hydrogens (tertiary/aromatic N) is 1. The van der Waals surface area contributed by atoms with E-state index in [1.54, 1.807) is 19.3 Å². The van der Waals surface area contributed by atoms with Crippen molar-refractivity contribution in [1.29, 1.82) is 0 Å². The fraction of sp³-hybridized carbons (Fsp3) is 0.214. The third kappa shape index (κ3) is 3.05. The number of ether oxygens (including phenoxy) is 1. The van der Waals surface area contributed by atoms with Crippen LogP contribution >= 0.6 is 0 Å². The van der Waals surface area contributed by atoms with Crippen molar-refractivity contribution in [2.75, 3.05) is 7.05 Å². The summed E-state index contributed by atoms with van der Waals surface area (Å²) in [4.78, 5) is 3.91. The summed E-state index contributed by atoms with van der Waals surface area (Å²) in [7, 11) is 1.77. The molecule has 0 amide bonds. The molecule has 0 aliphatic rings. The van der Waals surface area contributed by atoms with Crippen molar-refractivity contribution in [3.8, 4) is 5.88 Å². The predicted octanol–water partition coefficient (Wildman–Crippen LogP) is 2.52. The molecule has 18 heavy (non-hydrogen) atoms. The third-order valence-corrected chi connectivity index (χ3v) is 2.52. The first-order chi connectivity index (χ1) is 8.81. The van der Waals surface area contributed by atoms with Crippen molar-refractivity contribution in [1.82, 2.24) is 10.3 Å². The van der Waals surface area contributed by atoms with Gasteiger partial charge in [0.25, 0.3) is 5.88 Å². The molecular weight excluding hydrogens is 231 g/mol. The highest BCUT2D eigenvalue weighted by atomic mass is 19.1. The first kappa shape index (κ1) is 12.5. The van der Waals surface area contributed by atoms with Crippen LogP contribution in [0.1, 0.15) is 11.1 Å². The molecule has 1 heterocycles. The van der Waals surface area contributed by atoms with Crippen molar-refractivity contribution in [2.45, 2.75) is 13.2 Å². The van der Waals surface area contributed by atoms with Crippen molar-refractivity contribution in [3.63, 3.8) is 0 Å². The second-order valence-electron chi connectivity index (χ2n) is 3.89. The molecule has 4 heteroatoms. The maximum Gasteiger partial charge on any atom is 0.251 e. The monoisotopic (exact) mass is 246 g/mol. The highest BCUT2D eigenvalue weighted by Crippen LogP contribution is 2.18. The second-order valence-corrected chi connectivity index (χ2v) is 3.89. The van der Waals surface area contributed by atoms with Gasteiger partial charge in [0.2, 0.25) is 0 Å². The van der Waals surface area contributed by atoms with Gasteiger partial charge in [0, 0.05) is 18.3 Å². The minimum atomic E-state index is -0.400. The Labute approximate surface area is 106 Å². The molecule has 1 N–H and O–H groups in total. The van der Waals surface area contributed by atoms with Crippen LogP contribution in [0.25, 0.3) is 0 Å². The summed E-state index contributed by atoms with van der Waals surface area (Å²) in [6, 6.07) is 11.3. The Kier molecular flexibility index (Phi) is 4.25. The van der Waals surface area contributed by atoms with E-state index in [0.717, 1.165) is 5.56 Å². The lowest BCUT2D eigenvalue weighted by molar-refractivity contribution is 0.276. The Morgan fingerprint density at radius 1 is 1.22 bits per heavy atom. The van der Waals surface area contributed by atoms with Crippen LogP contribution in [0.5, 0.6) is 5.88 Å². The van der Waals surface area contributed by atoms with Gasteiger partial charge in [-0.3, -0.25) is 0 Å². The molecule has 2 aromatic rings. The number of aromatic nitrogens is 1. The van der Waals surface area contributed by atoms with Gasteiger partial charge in [-0.25, -0.2) is 9.37 Å². The molecule has 0 aliphatic heterocycles. The zero-order valence-electron chi connectivity index (χ0n) is 10.2. The van der Waals surface area contributed by atoms with E-state index in [2.05, 4.69) is 10.3 Å². The maximum atomic E-state index is 13.9. The molecule has 0 fully saturated rings. The van der Waals surface area contributed by atoms with Crippen molar-refractivity contribution in [2.24, 2.45) is 0 Å². The van der Waals surface area contributed by atoms with Crippen LogP contribution in [0, 0.1) is 5.82 Å². The van der Waals surface area contributed by atoms with E-state index in [1.807, 2.05) is 30.3 Å². The third-order valence-electron chi connectivity index (χ3n) is 2.52. The number of rotatable bonds is 5. The van der Waals surface area contributed by atoms with Gasteiger partial charge in [0.05, 0.1) is 0 Å². The lowest BCUT2D eigenvalue weighted by Crippen LogP contribution is -2.09. The van der Waals surface area contributed by atoms with E-state index in [-0.39, 0.29) is 5.88 Å². The highest BCUT2D eigenvalue weighted by Gasteiger charge is 2.10. The SMILES string of the molecule is CNCc1ccnc(OCc2ccccc2)c1F. The summed E-state index contributed by atoms with van der Waals surface area (Å²) < 4.78 is 19.3. The number of pyridine rings is 1. The summed E-state index contributed by atoms with van der Waals surface area (Å²) in [5, 5.41) is 2.90. The molecule has 94 valence electrons. The molecule has 2 rings (SSSR count). The van der Waals surface area contributed by atoms with Gasteiger partial charge in [0.1, 0.15) is 6.61 Å². The van der Waals surface area contributed by atoms with Gasteiger partial charge < -0.3 is 10.1 Å². The number of benzene rings is 1. The van der Waals surface area contributed by atoms with Gasteiger partial charge in [-0.15, -0.1) is 0 Å². The van der Waals surface area contributed by atoms with Crippen LogP contribution in [0.2, 0.25) is 0 Å². The lowest BCUT2D eigenvalue weighted by Gasteiger charge is -2.08. The molecular formula is C14H15FN2O.